The second kappa shape index (κ2) is 10.1. The van der Waals surface area contributed by atoms with Crippen molar-refractivity contribution in [1.29, 1.82) is 0 Å². The fourth-order valence-corrected chi connectivity index (χ4v) is 3.12. The van der Waals surface area contributed by atoms with E-state index >= 15 is 0 Å². The monoisotopic (exact) mass is 427 g/mol. The summed E-state index contributed by atoms with van der Waals surface area (Å²) in [7, 11) is 0. The Kier molecular flexibility index (Phi) is 6.62. The molecule has 0 radical (unpaired) electrons. The van der Waals surface area contributed by atoms with E-state index in [0.717, 1.165) is 11.1 Å². The fourth-order valence-electron chi connectivity index (χ4n) is 3.12. The van der Waals surface area contributed by atoms with Crippen LogP contribution in [0, 0.1) is 0 Å². The van der Waals surface area contributed by atoms with Crippen molar-refractivity contribution in [3.05, 3.63) is 102 Å². The number of nitrogens with one attached hydrogen (secondary N) is 2. The van der Waals surface area contributed by atoms with Gasteiger partial charge in [0.1, 0.15) is 6.04 Å². The summed E-state index contributed by atoms with van der Waals surface area (Å²) in [5.74, 6) is 0.00844. The second-order valence-corrected chi connectivity index (χ2v) is 7.05. The first-order valence-electron chi connectivity index (χ1n) is 10.1. The van der Waals surface area contributed by atoms with Crippen LogP contribution in [0.4, 0.5) is 0 Å². The Labute approximate surface area is 184 Å². The number of carbonyl (C=O) groups is 2. The molecule has 2 N–H and O–H groups in total. The van der Waals surface area contributed by atoms with Crippen molar-refractivity contribution in [3.8, 4) is 11.4 Å². The van der Waals surface area contributed by atoms with Crippen molar-refractivity contribution < 1.29 is 14.1 Å². The molecule has 0 saturated heterocycles. The van der Waals surface area contributed by atoms with Gasteiger partial charge in [0.2, 0.25) is 17.6 Å². The van der Waals surface area contributed by atoms with Crippen LogP contribution in [0.25, 0.3) is 11.4 Å². The molecule has 1 atom stereocenters. The van der Waals surface area contributed by atoms with Gasteiger partial charge < -0.3 is 15.2 Å². The number of carbonyl (C=O) groups excluding carboxylic acids is 2. The van der Waals surface area contributed by atoms with E-state index in [1.54, 1.807) is 48.8 Å². The van der Waals surface area contributed by atoms with E-state index in [2.05, 4.69) is 25.8 Å². The highest BCUT2D eigenvalue weighted by molar-refractivity contribution is 5.97. The smallest absolute Gasteiger partial charge is 0.251 e. The molecule has 0 aliphatic rings. The minimum Gasteiger partial charge on any atom is -0.345 e. The Hall–Kier alpha value is -4.33. The predicted octanol–water partition coefficient (Wildman–Crippen LogP) is 2.79. The number of aromatic nitrogens is 3. The standard InChI is InChI=1S/C24H21N5O3/c30-23(19-9-5-2-6-10-19)27-20(15-17-7-3-1-4-8-17)24(31)26-16-21-28-22(29-32-21)18-11-13-25-14-12-18/h1-14,20H,15-16H2,(H,26,31)(H,27,30). The lowest BCUT2D eigenvalue weighted by Crippen LogP contribution is -2.47. The second-order valence-electron chi connectivity index (χ2n) is 7.05. The molecule has 0 saturated carbocycles. The van der Waals surface area contributed by atoms with Crippen LogP contribution < -0.4 is 10.6 Å². The third-order valence-corrected chi connectivity index (χ3v) is 4.76. The summed E-state index contributed by atoms with van der Waals surface area (Å²) in [6, 6.07) is 21.0. The maximum absolute atomic E-state index is 12.9. The molecule has 0 aliphatic heterocycles. The molecule has 2 heterocycles. The topological polar surface area (TPSA) is 110 Å². The van der Waals surface area contributed by atoms with Crippen LogP contribution in [-0.4, -0.2) is 33.0 Å². The van der Waals surface area contributed by atoms with Crippen molar-refractivity contribution in [2.75, 3.05) is 0 Å². The molecule has 2 aromatic heterocycles. The van der Waals surface area contributed by atoms with Gasteiger partial charge in [0.05, 0.1) is 6.54 Å². The van der Waals surface area contributed by atoms with Gasteiger partial charge in [-0.1, -0.05) is 53.7 Å². The summed E-state index contributed by atoms with van der Waals surface area (Å²) in [5, 5.41) is 9.53. The van der Waals surface area contributed by atoms with E-state index in [-0.39, 0.29) is 24.2 Å². The Morgan fingerprint density at radius 3 is 2.31 bits per heavy atom. The van der Waals surface area contributed by atoms with Gasteiger partial charge in [-0.05, 0) is 29.8 Å². The molecule has 8 heteroatoms. The number of rotatable bonds is 8. The Morgan fingerprint density at radius 1 is 0.906 bits per heavy atom. The van der Waals surface area contributed by atoms with Crippen LogP contribution >= 0.6 is 0 Å². The van der Waals surface area contributed by atoms with Crippen molar-refractivity contribution in [2.24, 2.45) is 0 Å². The van der Waals surface area contributed by atoms with Gasteiger partial charge >= 0.3 is 0 Å². The van der Waals surface area contributed by atoms with E-state index in [1.165, 1.54) is 0 Å². The van der Waals surface area contributed by atoms with E-state index < -0.39 is 6.04 Å². The van der Waals surface area contributed by atoms with Crippen molar-refractivity contribution >= 4 is 11.8 Å². The largest absolute Gasteiger partial charge is 0.345 e. The SMILES string of the molecule is O=C(NC(Cc1ccccc1)C(=O)NCc1nc(-c2ccncc2)no1)c1ccccc1. The number of pyridine rings is 1. The van der Waals surface area contributed by atoms with E-state index in [4.69, 9.17) is 4.52 Å². The van der Waals surface area contributed by atoms with Crippen LogP contribution in [0.1, 0.15) is 21.8 Å². The van der Waals surface area contributed by atoms with Gasteiger partial charge in [-0.3, -0.25) is 14.6 Å². The summed E-state index contributed by atoms with van der Waals surface area (Å²) in [6.45, 7) is 0.0451. The molecule has 8 nitrogen and oxygen atoms in total. The molecule has 0 bridgehead atoms. The zero-order valence-electron chi connectivity index (χ0n) is 17.1. The molecule has 0 fully saturated rings. The molecule has 160 valence electrons. The quantitative estimate of drug-likeness (QED) is 0.447. The Morgan fingerprint density at radius 2 is 1.59 bits per heavy atom. The Balaban J connectivity index is 1.43. The highest BCUT2D eigenvalue weighted by Gasteiger charge is 2.22. The maximum Gasteiger partial charge on any atom is 0.251 e. The van der Waals surface area contributed by atoms with Gasteiger partial charge in [-0.2, -0.15) is 4.98 Å². The molecule has 4 aromatic rings. The molecule has 0 spiro atoms. The number of hydrogen-bond donors (Lipinski definition) is 2. The lowest BCUT2D eigenvalue weighted by Gasteiger charge is -2.18. The molecule has 4 rings (SSSR count). The van der Waals surface area contributed by atoms with Crippen LogP contribution in [0.3, 0.4) is 0 Å². The van der Waals surface area contributed by atoms with E-state index in [1.807, 2.05) is 36.4 Å². The lowest BCUT2D eigenvalue weighted by atomic mass is 10.0. The van der Waals surface area contributed by atoms with Gasteiger partial charge in [-0.15, -0.1) is 0 Å². The third kappa shape index (κ3) is 5.42. The van der Waals surface area contributed by atoms with Crippen LogP contribution in [0.5, 0.6) is 0 Å². The van der Waals surface area contributed by atoms with Gasteiger partial charge in [0, 0.05) is 29.9 Å². The number of benzene rings is 2. The van der Waals surface area contributed by atoms with Gasteiger partial charge in [-0.25, -0.2) is 0 Å². The minimum absolute atomic E-state index is 0.0451. The summed E-state index contributed by atoms with van der Waals surface area (Å²) in [4.78, 5) is 33.8. The normalized spacial score (nSPS) is 11.5. The highest BCUT2D eigenvalue weighted by atomic mass is 16.5. The number of amides is 2. The van der Waals surface area contributed by atoms with Crippen LogP contribution in [0.15, 0.2) is 89.7 Å². The summed E-state index contributed by atoms with van der Waals surface area (Å²) in [5.41, 5.74) is 2.18. The van der Waals surface area contributed by atoms with Crippen molar-refractivity contribution in [3.63, 3.8) is 0 Å². The molecule has 2 aromatic carbocycles. The molecular formula is C24H21N5O3. The van der Waals surface area contributed by atoms with Gasteiger partial charge in [0.15, 0.2) is 0 Å². The molecule has 1 unspecified atom stereocenters. The third-order valence-electron chi connectivity index (χ3n) is 4.76. The summed E-state index contributed by atoms with van der Waals surface area (Å²) < 4.78 is 5.23. The summed E-state index contributed by atoms with van der Waals surface area (Å²) in [6.07, 6.45) is 3.62. The first kappa shape index (κ1) is 20.9. The lowest BCUT2D eigenvalue weighted by molar-refractivity contribution is -0.123. The zero-order chi connectivity index (χ0) is 22.2. The Bertz CT molecular complexity index is 1160. The van der Waals surface area contributed by atoms with Crippen LogP contribution in [0.2, 0.25) is 0 Å². The predicted molar refractivity (Wildman–Crippen MR) is 117 cm³/mol. The first-order chi connectivity index (χ1) is 15.7. The summed E-state index contributed by atoms with van der Waals surface area (Å²) >= 11 is 0. The molecule has 2 amide bonds. The molecule has 32 heavy (non-hydrogen) atoms. The van der Waals surface area contributed by atoms with E-state index in [9.17, 15) is 9.59 Å². The van der Waals surface area contributed by atoms with Gasteiger partial charge in [0.25, 0.3) is 5.91 Å². The maximum atomic E-state index is 12.9. The zero-order valence-corrected chi connectivity index (χ0v) is 17.1. The highest BCUT2D eigenvalue weighted by Crippen LogP contribution is 2.14. The fraction of sp³-hybridized carbons (Fsp3) is 0.125. The number of nitrogens with zero attached hydrogens (tertiary/aromatic N) is 3. The average Bonchev–Trinajstić information content (AvgIpc) is 3.33. The van der Waals surface area contributed by atoms with Crippen molar-refractivity contribution in [1.82, 2.24) is 25.8 Å². The first-order valence-corrected chi connectivity index (χ1v) is 10.1. The van der Waals surface area contributed by atoms with Crippen molar-refractivity contribution in [2.45, 2.75) is 19.0 Å². The van der Waals surface area contributed by atoms with E-state index in [0.29, 0.717) is 17.8 Å². The van der Waals surface area contributed by atoms with Crippen LogP contribution in [-0.2, 0) is 17.8 Å². The average molecular weight is 427 g/mol. The molecule has 0 aliphatic carbocycles. The molecular weight excluding hydrogens is 406 g/mol. The number of hydrogen-bond acceptors (Lipinski definition) is 6. The minimum atomic E-state index is -0.771.